The fourth-order valence-electron chi connectivity index (χ4n) is 4.80. The van der Waals surface area contributed by atoms with Crippen molar-refractivity contribution < 1.29 is 19.2 Å². The monoisotopic (exact) mass is 398 g/mol. The molecule has 0 bridgehead atoms. The highest BCUT2D eigenvalue weighted by Gasteiger charge is 2.46. The van der Waals surface area contributed by atoms with Crippen molar-refractivity contribution in [2.45, 2.75) is 39.3 Å². The van der Waals surface area contributed by atoms with Gasteiger partial charge in [-0.2, -0.15) is 0 Å². The van der Waals surface area contributed by atoms with Crippen molar-refractivity contribution in [2.24, 2.45) is 17.1 Å². The Morgan fingerprint density at radius 2 is 1.93 bits per heavy atom. The van der Waals surface area contributed by atoms with Gasteiger partial charge in [-0.15, -0.1) is 0 Å². The zero-order valence-corrected chi connectivity index (χ0v) is 16.7. The van der Waals surface area contributed by atoms with Crippen LogP contribution in [-0.2, 0) is 16.1 Å². The molecule has 4 rings (SSSR count). The fourth-order valence-corrected chi connectivity index (χ4v) is 4.80. The lowest BCUT2D eigenvalue weighted by atomic mass is 9.82. The lowest BCUT2D eigenvalue weighted by molar-refractivity contribution is -0.136. The Bertz CT molecular complexity index is 910. The van der Waals surface area contributed by atoms with Gasteiger partial charge < -0.3 is 5.73 Å². The summed E-state index contributed by atoms with van der Waals surface area (Å²) in [4.78, 5) is 53.1. The average Bonchev–Trinajstić information content (AvgIpc) is 3.09. The maximum Gasteiger partial charge on any atom is 0.262 e. The number of likely N-dealkylation sites (tertiary alicyclic amines) is 1. The maximum absolute atomic E-state index is 13.2. The molecule has 4 amide bonds. The number of amides is 4. The molecule has 0 aromatic heterocycles. The highest BCUT2D eigenvalue weighted by molar-refractivity contribution is 6.24. The van der Waals surface area contributed by atoms with Gasteiger partial charge >= 0.3 is 0 Å². The lowest BCUT2D eigenvalue weighted by Gasteiger charge is -2.28. The van der Waals surface area contributed by atoms with E-state index in [-0.39, 0.29) is 24.2 Å². The summed E-state index contributed by atoms with van der Waals surface area (Å²) in [5, 5.41) is 2.22. The molecular weight excluding hydrogens is 372 g/mol. The zero-order chi connectivity index (χ0) is 20.9. The quantitative estimate of drug-likeness (QED) is 0.715. The van der Waals surface area contributed by atoms with Crippen molar-refractivity contribution in [3.63, 3.8) is 0 Å². The van der Waals surface area contributed by atoms with Crippen LogP contribution in [0.15, 0.2) is 18.2 Å². The van der Waals surface area contributed by atoms with Crippen LogP contribution in [0.3, 0.4) is 0 Å². The summed E-state index contributed by atoms with van der Waals surface area (Å²) >= 11 is 0. The van der Waals surface area contributed by atoms with E-state index in [1.54, 1.807) is 12.1 Å². The van der Waals surface area contributed by atoms with Gasteiger partial charge in [-0.1, -0.05) is 26.0 Å². The van der Waals surface area contributed by atoms with Crippen molar-refractivity contribution in [3.05, 3.63) is 34.9 Å². The molecule has 3 aliphatic heterocycles. The molecular formula is C21H26N4O4. The van der Waals surface area contributed by atoms with E-state index >= 15 is 0 Å². The third-order valence-corrected chi connectivity index (χ3v) is 6.45. The normalized spacial score (nSPS) is 26.8. The van der Waals surface area contributed by atoms with Crippen LogP contribution < -0.4 is 11.1 Å². The van der Waals surface area contributed by atoms with E-state index in [2.05, 4.69) is 24.1 Å². The first-order chi connectivity index (χ1) is 13.7. The molecule has 2 atom stereocenters. The Morgan fingerprint density at radius 3 is 2.59 bits per heavy atom. The van der Waals surface area contributed by atoms with Crippen LogP contribution in [0.4, 0.5) is 0 Å². The number of carbonyl (C=O) groups is 4. The molecule has 0 saturated carbocycles. The van der Waals surface area contributed by atoms with Crippen molar-refractivity contribution in [1.29, 1.82) is 0 Å². The number of fused-ring (bicyclic) bond motifs is 1. The van der Waals surface area contributed by atoms with E-state index in [1.807, 2.05) is 6.07 Å². The van der Waals surface area contributed by atoms with Crippen molar-refractivity contribution >= 4 is 23.6 Å². The van der Waals surface area contributed by atoms with Gasteiger partial charge in [0, 0.05) is 26.1 Å². The van der Waals surface area contributed by atoms with Crippen molar-refractivity contribution in [3.8, 4) is 0 Å². The smallest absolute Gasteiger partial charge is 0.262 e. The highest BCUT2D eigenvalue weighted by atomic mass is 16.2. The van der Waals surface area contributed by atoms with E-state index < -0.39 is 23.8 Å². The molecule has 0 spiro atoms. The molecule has 3 aliphatic rings. The van der Waals surface area contributed by atoms with Crippen LogP contribution in [0.5, 0.6) is 0 Å². The molecule has 1 aromatic rings. The van der Waals surface area contributed by atoms with Crippen LogP contribution in [0.1, 0.15) is 53.0 Å². The highest BCUT2D eigenvalue weighted by Crippen LogP contribution is 2.36. The number of nitrogens with one attached hydrogen (secondary N) is 1. The Hall–Kier alpha value is -2.58. The Morgan fingerprint density at radius 1 is 1.17 bits per heavy atom. The summed E-state index contributed by atoms with van der Waals surface area (Å²) in [7, 11) is 0. The number of hydrogen-bond donors (Lipinski definition) is 2. The number of piperidine rings is 1. The minimum absolute atomic E-state index is 0.0886. The molecule has 0 aliphatic carbocycles. The van der Waals surface area contributed by atoms with Crippen LogP contribution in [0.25, 0.3) is 0 Å². The zero-order valence-electron chi connectivity index (χ0n) is 16.7. The summed E-state index contributed by atoms with van der Waals surface area (Å²) in [5.41, 5.74) is 7.49. The summed E-state index contributed by atoms with van der Waals surface area (Å²) in [6.07, 6.45) is 0.268. The number of carbonyl (C=O) groups excluding carboxylic acids is 4. The molecule has 3 N–H and O–H groups in total. The number of imide groups is 2. The van der Waals surface area contributed by atoms with E-state index in [0.717, 1.165) is 23.6 Å². The van der Waals surface area contributed by atoms with Gasteiger partial charge in [-0.25, -0.2) is 0 Å². The van der Waals surface area contributed by atoms with Gasteiger partial charge in [-0.05, 0) is 35.9 Å². The summed E-state index contributed by atoms with van der Waals surface area (Å²) < 4.78 is 0. The second kappa shape index (κ2) is 7.03. The van der Waals surface area contributed by atoms with Crippen LogP contribution in [-0.4, -0.2) is 59.1 Å². The minimum Gasteiger partial charge on any atom is -0.330 e. The molecule has 3 heterocycles. The SMILES string of the molecule is CC1(C)CN(Cc2cccc3c2C(=O)N(C2CCC(=O)NC2=O)C3=O)CC1CN. The number of benzene rings is 1. The first-order valence-electron chi connectivity index (χ1n) is 9.99. The van der Waals surface area contributed by atoms with Gasteiger partial charge in [0.25, 0.3) is 11.8 Å². The summed E-state index contributed by atoms with van der Waals surface area (Å²) in [6, 6.07) is 4.32. The van der Waals surface area contributed by atoms with Crippen molar-refractivity contribution in [1.82, 2.24) is 15.1 Å². The average molecular weight is 398 g/mol. The first kappa shape index (κ1) is 19.7. The predicted octanol–water partition coefficient (Wildman–Crippen LogP) is 0.505. The molecule has 2 unspecified atom stereocenters. The second-order valence-corrected chi connectivity index (χ2v) is 8.88. The summed E-state index contributed by atoms with van der Waals surface area (Å²) in [5.74, 6) is -1.53. The standard InChI is InChI=1S/C21H26N4O4/c1-21(2)11-24(10-13(21)8-22)9-12-4-3-5-14-17(12)20(29)25(19(14)28)15-6-7-16(26)23-18(15)27/h3-5,13,15H,6-11,22H2,1-2H3,(H,23,26,27). The molecule has 2 saturated heterocycles. The van der Waals surface area contributed by atoms with Gasteiger partial charge in [0.15, 0.2) is 0 Å². The van der Waals surface area contributed by atoms with Crippen molar-refractivity contribution in [2.75, 3.05) is 19.6 Å². The number of hydrogen-bond acceptors (Lipinski definition) is 6. The minimum atomic E-state index is -0.944. The van der Waals surface area contributed by atoms with Gasteiger partial charge in [0.2, 0.25) is 11.8 Å². The lowest BCUT2D eigenvalue weighted by Crippen LogP contribution is -2.54. The topological polar surface area (TPSA) is 113 Å². The Balaban J connectivity index is 1.60. The maximum atomic E-state index is 13.2. The molecule has 154 valence electrons. The van der Waals surface area contributed by atoms with Crippen LogP contribution >= 0.6 is 0 Å². The molecule has 1 aromatic carbocycles. The molecule has 29 heavy (non-hydrogen) atoms. The van der Waals surface area contributed by atoms with Gasteiger partial charge in [0.1, 0.15) is 6.04 Å². The second-order valence-electron chi connectivity index (χ2n) is 8.88. The molecule has 8 nitrogen and oxygen atoms in total. The summed E-state index contributed by atoms with van der Waals surface area (Å²) in [6.45, 7) is 7.24. The van der Waals surface area contributed by atoms with E-state index in [0.29, 0.717) is 30.1 Å². The number of nitrogens with two attached hydrogens (primary N) is 1. The molecule has 0 radical (unpaired) electrons. The fraction of sp³-hybridized carbons (Fsp3) is 0.524. The number of nitrogens with zero attached hydrogens (tertiary/aromatic N) is 2. The number of rotatable bonds is 4. The predicted molar refractivity (Wildman–Crippen MR) is 105 cm³/mol. The van der Waals surface area contributed by atoms with E-state index in [9.17, 15) is 19.2 Å². The van der Waals surface area contributed by atoms with Gasteiger partial charge in [-0.3, -0.25) is 34.3 Å². The van der Waals surface area contributed by atoms with E-state index in [4.69, 9.17) is 5.73 Å². The third kappa shape index (κ3) is 3.26. The Labute approximate surface area is 169 Å². The van der Waals surface area contributed by atoms with Crippen LogP contribution in [0, 0.1) is 11.3 Å². The first-order valence-corrected chi connectivity index (χ1v) is 9.99. The third-order valence-electron chi connectivity index (χ3n) is 6.45. The largest absolute Gasteiger partial charge is 0.330 e. The molecule has 2 fully saturated rings. The van der Waals surface area contributed by atoms with Gasteiger partial charge in [0.05, 0.1) is 11.1 Å². The van der Waals surface area contributed by atoms with E-state index in [1.165, 1.54) is 0 Å². The van der Waals surface area contributed by atoms with Crippen LogP contribution in [0.2, 0.25) is 0 Å². The molecule has 8 heteroatoms. The Kier molecular flexibility index (Phi) is 4.78.